The molecule has 0 radical (unpaired) electrons. The third kappa shape index (κ3) is 3.35. The average Bonchev–Trinajstić information content (AvgIpc) is 2.32. The molecule has 0 amide bonds. The monoisotopic (exact) mass is 255 g/mol. The summed E-state index contributed by atoms with van der Waals surface area (Å²) in [7, 11) is 0. The first kappa shape index (κ1) is 12.7. The van der Waals surface area contributed by atoms with Crippen molar-refractivity contribution < 1.29 is 9.47 Å². The first-order valence-corrected chi connectivity index (χ1v) is 6.33. The van der Waals surface area contributed by atoms with Crippen molar-refractivity contribution in [1.82, 2.24) is 5.32 Å². The third-order valence-electron chi connectivity index (χ3n) is 2.62. The summed E-state index contributed by atoms with van der Waals surface area (Å²) in [6, 6.07) is 5.85. The SMILES string of the molecule is CC(C)Oc1ccc(C2CNCCO2)cc1Cl. The number of hydrogen-bond donors (Lipinski definition) is 1. The van der Waals surface area contributed by atoms with E-state index in [-0.39, 0.29) is 12.2 Å². The van der Waals surface area contributed by atoms with Crippen LogP contribution in [0.1, 0.15) is 25.5 Å². The zero-order valence-corrected chi connectivity index (χ0v) is 11.0. The molecular formula is C13H18ClNO2. The van der Waals surface area contributed by atoms with Crippen LogP contribution in [0, 0.1) is 0 Å². The Bertz CT molecular complexity index is 376. The van der Waals surface area contributed by atoms with E-state index in [9.17, 15) is 0 Å². The molecule has 1 fully saturated rings. The van der Waals surface area contributed by atoms with E-state index in [0.717, 1.165) is 31.0 Å². The van der Waals surface area contributed by atoms with Gasteiger partial charge in [0.25, 0.3) is 0 Å². The molecule has 1 saturated heterocycles. The lowest BCUT2D eigenvalue weighted by molar-refractivity contribution is 0.0276. The Morgan fingerprint density at radius 2 is 2.29 bits per heavy atom. The second kappa shape index (κ2) is 5.71. The third-order valence-corrected chi connectivity index (χ3v) is 2.91. The lowest BCUT2D eigenvalue weighted by atomic mass is 10.1. The molecule has 2 rings (SSSR count). The van der Waals surface area contributed by atoms with Gasteiger partial charge in [0.05, 0.1) is 23.8 Å². The van der Waals surface area contributed by atoms with Gasteiger partial charge in [-0.25, -0.2) is 0 Å². The van der Waals surface area contributed by atoms with Crippen molar-refractivity contribution in [2.24, 2.45) is 0 Å². The second-order valence-corrected chi connectivity index (χ2v) is 4.83. The highest BCUT2D eigenvalue weighted by Gasteiger charge is 2.17. The Morgan fingerprint density at radius 1 is 1.47 bits per heavy atom. The minimum absolute atomic E-state index is 0.0920. The highest BCUT2D eigenvalue weighted by Crippen LogP contribution is 2.30. The predicted octanol–water partition coefficient (Wildman–Crippen LogP) is 2.79. The highest BCUT2D eigenvalue weighted by molar-refractivity contribution is 6.32. The van der Waals surface area contributed by atoms with Crippen molar-refractivity contribution in [3.63, 3.8) is 0 Å². The quantitative estimate of drug-likeness (QED) is 0.901. The molecule has 1 unspecified atom stereocenters. The summed E-state index contributed by atoms with van der Waals surface area (Å²) in [6.07, 6.45) is 0.222. The van der Waals surface area contributed by atoms with Gasteiger partial charge in [-0.3, -0.25) is 0 Å². The smallest absolute Gasteiger partial charge is 0.138 e. The van der Waals surface area contributed by atoms with Gasteiger partial charge in [-0.1, -0.05) is 17.7 Å². The number of morpholine rings is 1. The van der Waals surface area contributed by atoms with Gasteiger partial charge in [0.1, 0.15) is 5.75 Å². The van der Waals surface area contributed by atoms with Crippen LogP contribution in [-0.4, -0.2) is 25.8 Å². The van der Waals surface area contributed by atoms with Gasteiger partial charge in [0, 0.05) is 13.1 Å². The van der Waals surface area contributed by atoms with E-state index in [1.54, 1.807) is 0 Å². The number of hydrogen-bond acceptors (Lipinski definition) is 3. The molecule has 1 aliphatic heterocycles. The zero-order valence-electron chi connectivity index (χ0n) is 10.2. The van der Waals surface area contributed by atoms with Crippen molar-refractivity contribution in [1.29, 1.82) is 0 Å². The van der Waals surface area contributed by atoms with Gasteiger partial charge in [-0.05, 0) is 31.5 Å². The summed E-state index contributed by atoms with van der Waals surface area (Å²) in [5.74, 6) is 0.731. The van der Waals surface area contributed by atoms with Crippen molar-refractivity contribution in [2.45, 2.75) is 26.1 Å². The van der Waals surface area contributed by atoms with Crippen LogP contribution in [0.5, 0.6) is 5.75 Å². The second-order valence-electron chi connectivity index (χ2n) is 4.42. The first-order chi connectivity index (χ1) is 8.16. The Labute approximate surface area is 107 Å². The van der Waals surface area contributed by atoms with Crippen LogP contribution in [0.25, 0.3) is 0 Å². The Morgan fingerprint density at radius 3 is 2.88 bits per heavy atom. The van der Waals surface area contributed by atoms with E-state index < -0.39 is 0 Å². The summed E-state index contributed by atoms with van der Waals surface area (Å²) < 4.78 is 11.3. The molecule has 1 aromatic carbocycles. The predicted molar refractivity (Wildman–Crippen MR) is 68.8 cm³/mol. The minimum atomic E-state index is 0.0920. The molecule has 4 heteroatoms. The molecule has 1 aromatic rings. The molecule has 17 heavy (non-hydrogen) atoms. The topological polar surface area (TPSA) is 30.5 Å². The van der Waals surface area contributed by atoms with E-state index in [0.29, 0.717) is 5.02 Å². The number of rotatable bonds is 3. The van der Waals surface area contributed by atoms with Gasteiger partial charge in [-0.2, -0.15) is 0 Å². The van der Waals surface area contributed by atoms with E-state index in [4.69, 9.17) is 21.1 Å². The summed E-state index contributed by atoms with van der Waals surface area (Å²) in [6.45, 7) is 6.46. The molecule has 94 valence electrons. The van der Waals surface area contributed by atoms with Gasteiger partial charge >= 0.3 is 0 Å². The van der Waals surface area contributed by atoms with Crippen LogP contribution in [0.3, 0.4) is 0 Å². The van der Waals surface area contributed by atoms with Crippen molar-refractivity contribution in [2.75, 3.05) is 19.7 Å². The van der Waals surface area contributed by atoms with Gasteiger partial charge in [0.2, 0.25) is 0 Å². The molecule has 0 saturated carbocycles. The standard InChI is InChI=1S/C13H18ClNO2/c1-9(2)17-12-4-3-10(7-11(12)14)13-8-15-5-6-16-13/h3-4,7,9,13,15H,5-6,8H2,1-2H3. The van der Waals surface area contributed by atoms with Crippen molar-refractivity contribution in [3.05, 3.63) is 28.8 Å². The maximum Gasteiger partial charge on any atom is 0.138 e. The molecule has 1 heterocycles. The molecule has 3 nitrogen and oxygen atoms in total. The van der Waals surface area contributed by atoms with Crippen LogP contribution in [-0.2, 0) is 4.74 Å². The van der Waals surface area contributed by atoms with Crippen LogP contribution in [0.15, 0.2) is 18.2 Å². The summed E-state index contributed by atoms with van der Waals surface area (Å²) >= 11 is 6.19. The normalized spacial score (nSPS) is 20.6. The van der Waals surface area contributed by atoms with E-state index in [2.05, 4.69) is 5.32 Å². The lowest BCUT2D eigenvalue weighted by Gasteiger charge is -2.24. The number of benzene rings is 1. The Balaban J connectivity index is 2.12. The van der Waals surface area contributed by atoms with E-state index in [1.807, 2.05) is 32.0 Å². The molecule has 1 atom stereocenters. The highest BCUT2D eigenvalue weighted by atomic mass is 35.5. The van der Waals surface area contributed by atoms with Crippen LogP contribution in [0.4, 0.5) is 0 Å². The summed E-state index contributed by atoms with van der Waals surface area (Å²) in [5.41, 5.74) is 1.10. The molecule has 0 aliphatic carbocycles. The largest absolute Gasteiger partial charge is 0.489 e. The summed E-state index contributed by atoms with van der Waals surface area (Å²) in [4.78, 5) is 0. The average molecular weight is 256 g/mol. The zero-order chi connectivity index (χ0) is 12.3. The molecular weight excluding hydrogens is 238 g/mol. The fraction of sp³-hybridized carbons (Fsp3) is 0.538. The molecule has 0 bridgehead atoms. The van der Waals surface area contributed by atoms with Crippen LogP contribution < -0.4 is 10.1 Å². The van der Waals surface area contributed by atoms with Crippen LogP contribution >= 0.6 is 11.6 Å². The van der Waals surface area contributed by atoms with Crippen LogP contribution in [0.2, 0.25) is 5.02 Å². The first-order valence-electron chi connectivity index (χ1n) is 5.95. The molecule has 0 aromatic heterocycles. The van der Waals surface area contributed by atoms with Crippen molar-refractivity contribution >= 4 is 11.6 Å². The fourth-order valence-corrected chi connectivity index (χ4v) is 2.08. The minimum Gasteiger partial charge on any atom is -0.489 e. The maximum atomic E-state index is 6.19. The fourth-order valence-electron chi connectivity index (χ4n) is 1.85. The Hall–Kier alpha value is -0.770. The van der Waals surface area contributed by atoms with Gasteiger partial charge < -0.3 is 14.8 Å². The maximum absolute atomic E-state index is 6.19. The van der Waals surface area contributed by atoms with Gasteiger partial charge in [-0.15, -0.1) is 0 Å². The summed E-state index contributed by atoms with van der Waals surface area (Å²) in [5, 5.41) is 3.94. The molecule has 1 N–H and O–H groups in total. The lowest BCUT2D eigenvalue weighted by Crippen LogP contribution is -2.33. The van der Waals surface area contributed by atoms with E-state index >= 15 is 0 Å². The van der Waals surface area contributed by atoms with E-state index in [1.165, 1.54) is 0 Å². The Kier molecular flexibility index (Phi) is 4.26. The van der Waals surface area contributed by atoms with Gasteiger partial charge in [0.15, 0.2) is 0 Å². The molecule has 1 aliphatic rings. The number of ether oxygens (including phenoxy) is 2. The number of halogens is 1. The molecule has 0 spiro atoms. The number of nitrogens with one attached hydrogen (secondary N) is 1. The van der Waals surface area contributed by atoms with Crippen molar-refractivity contribution in [3.8, 4) is 5.75 Å².